The van der Waals surface area contributed by atoms with E-state index in [1.54, 1.807) is 12.4 Å². The van der Waals surface area contributed by atoms with Crippen molar-refractivity contribution in [3.8, 4) is 0 Å². The van der Waals surface area contributed by atoms with Crippen molar-refractivity contribution in [2.24, 2.45) is 11.8 Å². The third-order valence-electron chi connectivity index (χ3n) is 6.22. The third-order valence-corrected chi connectivity index (χ3v) is 7.24. The van der Waals surface area contributed by atoms with Crippen LogP contribution in [0.4, 0.5) is 5.82 Å². The summed E-state index contributed by atoms with van der Waals surface area (Å²) in [6.07, 6.45) is 7.72. The van der Waals surface area contributed by atoms with Crippen LogP contribution < -0.4 is 10.2 Å². The van der Waals surface area contributed by atoms with Gasteiger partial charge in [-0.1, -0.05) is 0 Å². The number of carbonyl (C=O) groups excluding carboxylic acids is 1. The maximum Gasteiger partial charge on any atom is 0.261 e. The summed E-state index contributed by atoms with van der Waals surface area (Å²) in [7, 11) is 0. The fraction of sp³-hybridized carbons (Fsp3) is 0.526. The van der Waals surface area contributed by atoms with Crippen LogP contribution in [0.5, 0.6) is 0 Å². The van der Waals surface area contributed by atoms with Crippen LogP contribution in [0.2, 0.25) is 0 Å². The summed E-state index contributed by atoms with van der Waals surface area (Å²) in [6.45, 7) is 4.47. The summed E-state index contributed by atoms with van der Waals surface area (Å²) >= 11 is 1.50. The van der Waals surface area contributed by atoms with E-state index in [1.165, 1.54) is 11.3 Å². The molecule has 4 atom stereocenters. The number of ether oxygens (including phenoxy) is 1. The summed E-state index contributed by atoms with van der Waals surface area (Å²) in [5, 5.41) is 5.13. The molecule has 0 saturated carbocycles. The van der Waals surface area contributed by atoms with E-state index >= 15 is 0 Å². The Kier molecular flexibility index (Phi) is 3.76. The molecule has 3 aliphatic rings. The largest absolute Gasteiger partial charge is 0.369 e. The summed E-state index contributed by atoms with van der Waals surface area (Å²) in [4.78, 5) is 24.2. The van der Waals surface area contributed by atoms with E-state index in [2.05, 4.69) is 20.2 Å². The molecule has 1 N–H and O–H groups in total. The first kappa shape index (κ1) is 16.2. The molecular weight excluding hydrogens is 348 g/mol. The van der Waals surface area contributed by atoms with E-state index < -0.39 is 0 Å². The van der Waals surface area contributed by atoms with Gasteiger partial charge in [-0.2, -0.15) is 0 Å². The molecule has 26 heavy (non-hydrogen) atoms. The summed E-state index contributed by atoms with van der Waals surface area (Å²) in [5.74, 6) is 1.76. The molecule has 136 valence electrons. The average molecular weight is 370 g/mol. The smallest absolute Gasteiger partial charge is 0.261 e. The first-order valence-corrected chi connectivity index (χ1v) is 10.1. The SMILES string of the molecule is Cc1ccsc1C(=O)NC[C@H]1[C@H]2CN(c3cnccn3)C[C@]23CC[C@H]1O3. The Morgan fingerprint density at radius 3 is 3.19 bits per heavy atom. The van der Waals surface area contributed by atoms with Crippen molar-refractivity contribution in [1.29, 1.82) is 0 Å². The Balaban J connectivity index is 1.30. The van der Waals surface area contributed by atoms with E-state index in [9.17, 15) is 4.79 Å². The van der Waals surface area contributed by atoms with Crippen molar-refractivity contribution in [2.75, 3.05) is 24.5 Å². The van der Waals surface area contributed by atoms with Crippen molar-refractivity contribution in [1.82, 2.24) is 15.3 Å². The monoisotopic (exact) mass is 370 g/mol. The molecule has 3 aliphatic heterocycles. The maximum absolute atomic E-state index is 12.5. The second-order valence-corrected chi connectivity index (χ2v) is 8.53. The molecule has 5 heterocycles. The number of aromatic nitrogens is 2. The Bertz CT molecular complexity index is 826. The van der Waals surface area contributed by atoms with Gasteiger partial charge in [-0.25, -0.2) is 4.98 Å². The topological polar surface area (TPSA) is 67.4 Å². The third kappa shape index (κ3) is 2.45. The molecule has 0 aliphatic carbocycles. The van der Waals surface area contributed by atoms with Crippen LogP contribution in [-0.2, 0) is 4.74 Å². The van der Waals surface area contributed by atoms with Crippen LogP contribution in [-0.4, -0.2) is 47.2 Å². The Hall–Kier alpha value is -1.99. The molecule has 1 amide bonds. The molecule has 6 nitrogen and oxygen atoms in total. The van der Waals surface area contributed by atoms with Crippen molar-refractivity contribution >= 4 is 23.1 Å². The van der Waals surface area contributed by atoms with Gasteiger partial charge in [-0.05, 0) is 36.8 Å². The minimum Gasteiger partial charge on any atom is -0.369 e. The number of thiophene rings is 1. The molecule has 2 aromatic heterocycles. The number of carbonyl (C=O) groups is 1. The lowest BCUT2D eigenvalue weighted by Gasteiger charge is -2.29. The number of aryl methyl sites for hydroxylation is 1. The molecular formula is C19H22N4O2S. The van der Waals surface area contributed by atoms with Gasteiger partial charge in [0.25, 0.3) is 5.91 Å². The van der Waals surface area contributed by atoms with Gasteiger partial charge in [0.2, 0.25) is 0 Å². The minimum absolute atomic E-state index is 0.0399. The van der Waals surface area contributed by atoms with E-state index in [4.69, 9.17) is 4.74 Å². The van der Waals surface area contributed by atoms with Crippen LogP contribution in [0.25, 0.3) is 0 Å². The van der Waals surface area contributed by atoms with Gasteiger partial charge in [-0.15, -0.1) is 11.3 Å². The summed E-state index contributed by atoms with van der Waals surface area (Å²) < 4.78 is 6.46. The van der Waals surface area contributed by atoms with Crippen LogP contribution in [0.3, 0.4) is 0 Å². The zero-order valence-corrected chi connectivity index (χ0v) is 15.5. The number of nitrogens with zero attached hydrogens (tertiary/aromatic N) is 3. The number of nitrogens with one attached hydrogen (secondary N) is 1. The molecule has 0 unspecified atom stereocenters. The van der Waals surface area contributed by atoms with E-state index in [-0.39, 0.29) is 17.6 Å². The number of amides is 1. The average Bonchev–Trinajstić information content (AvgIpc) is 3.40. The van der Waals surface area contributed by atoms with Gasteiger partial charge in [0.1, 0.15) is 5.82 Å². The fourth-order valence-corrected chi connectivity index (χ4v) is 5.83. The van der Waals surface area contributed by atoms with Crippen LogP contribution >= 0.6 is 11.3 Å². The van der Waals surface area contributed by atoms with E-state index in [1.807, 2.05) is 24.6 Å². The highest BCUT2D eigenvalue weighted by molar-refractivity contribution is 7.12. The van der Waals surface area contributed by atoms with E-state index in [0.717, 1.165) is 42.2 Å². The standard InChI is InChI=1S/C19H22N4O2S/c1-12-3-7-26-17(12)18(24)22-8-13-14-10-23(16-9-20-5-6-21-16)11-19(14)4-2-15(13)25-19/h3,5-7,9,13-15H,2,4,8,10-11H2,1H3,(H,22,24)/t13-,14+,15+,19+/m0/s1. The number of hydrogen-bond donors (Lipinski definition) is 1. The predicted octanol–water partition coefficient (Wildman–Crippen LogP) is 2.26. The molecule has 3 saturated heterocycles. The number of fused-ring (bicyclic) bond motifs is 1. The number of hydrogen-bond acceptors (Lipinski definition) is 6. The Morgan fingerprint density at radius 1 is 1.50 bits per heavy atom. The molecule has 5 rings (SSSR count). The predicted molar refractivity (Wildman–Crippen MR) is 99.5 cm³/mol. The van der Waals surface area contributed by atoms with Gasteiger partial charge < -0.3 is 15.0 Å². The van der Waals surface area contributed by atoms with Gasteiger partial charge in [-0.3, -0.25) is 9.78 Å². The van der Waals surface area contributed by atoms with Gasteiger partial charge in [0, 0.05) is 43.9 Å². The fourth-order valence-electron chi connectivity index (χ4n) is 4.99. The van der Waals surface area contributed by atoms with Crippen LogP contribution in [0.1, 0.15) is 28.1 Å². The molecule has 0 aromatic carbocycles. The van der Waals surface area contributed by atoms with E-state index in [0.29, 0.717) is 18.4 Å². The lowest BCUT2D eigenvalue weighted by Crippen LogP contribution is -2.41. The first-order valence-electron chi connectivity index (χ1n) is 9.17. The van der Waals surface area contributed by atoms with Crippen LogP contribution in [0.15, 0.2) is 30.0 Å². The zero-order valence-electron chi connectivity index (χ0n) is 14.7. The lowest BCUT2D eigenvalue weighted by atomic mass is 9.73. The zero-order chi connectivity index (χ0) is 17.7. The van der Waals surface area contributed by atoms with Crippen molar-refractivity contribution in [2.45, 2.75) is 31.5 Å². The second kappa shape index (κ2) is 6.03. The van der Waals surface area contributed by atoms with Crippen molar-refractivity contribution < 1.29 is 9.53 Å². The summed E-state index contributed by atoms with van der Waals surface area (Å²) in [5.41, 5.74) is 0.971. The molecule has 2 bridgehead atoms. The quantitative estimate of drug-likeness (QED) is 0.894. The van der Waals surface area contributed by atoms with Gasteiger partial charge in [0.05, 0.1) is 22.8 Å². The maximum atomic E-state index is 12.5. The first-order chi connectivity index (χ1) is 12.7. The van der Waals surface area contributed by atoms with Crippen molar-refractivity contribution in [3.63, 3.8) is 0 Å². The Labute approximate surface area is 156 Å². The molecule has 7 heteroatoms. The van der Waals surface area contributed by atoms with Crippen molar-refractivity contribution in [3.05, 3.63) is 40.5 Å². The van der Waals surface area contributed by atoms with Gasteiger partial charge >= 0.3 is 0 Å². The molecule has 2 aromatic rings. The lowest BCUT2D eigenvalue weighted by molar-refractivity contribution is 0.0141. The highest BCUT2D eigenvalue weighted by Gasteiger charge is 2.63. The molecule has 1 spiro atoms. The van der Waals surface area contributed by atoms with Gasteiger partial charge in [0.15, 0.2) is 0 Å². The molecule has 3 fully saturated rings. The Morgan fingerprint density at radius 2 is 2.42 bits per heavy atom. The molecule has 0 radical (unpaired) electrons. The number of rotatable bonds is 4. The summed E-state index contributed by atoms with van der Waals surface area (Å²) in [6, 6.07) is 1.99. The second-order valence-electron chi connectivity index (χ2n) is 7.62. The highest BCUT2D eigenvalue weighted by atomic mass is 32.1. The number of anilines is 1. The highest BCUT2D eigenvalue weighted by Crippen LogP contribution is 2.55. The minimum atomic E-state index is -0.0730. The van der Waals surface area contributed by atoms with Crippen LogP contribution in [0, 0.1) is 18.8 Å². The normalized spacial score (nSPS) is 32.0.